The fourth-order valence-electron chi connectivity index (χ4n) is 2.75. The topological polar surface area (TPSA) is 120 Å². The van der Waals surface area contributed by atoms with Crippen LogP contribution in [0.5, 0.6) is 0 Å². The van der Waals surface area contributed by atoms with Crippen LogP contribution in [-0.2, 0) is 6.54 Å². The lowest BCUT2D eigenvalue weighted by molar-refractivity contribution is 0.0997. The average Bonchev–Trinajstić information content (AvgIpc) is 2.98. The van der Waals surface area contributed by atoms with Gasteiger partial charge >= 0.3 is 5.69 Å². The van der Waals surface area contributed by atoms with Crippen LogP contribution in [0.1, 0.15) is 16.1 Å². The number of nitrogens with one attached hydrogen (secondary N) is 1. The molecule has 3 N–H and O–H groups in total. The SMILES string of the molecule is NC(=O)c1nc(-c2cccnc2)nc2c1[nH]c(=O)n2Cc1ccccc1. The van der Waals surface area contributed by atoms with E-state index in [9.17, 15) is 9.59 Å². The molecule has 0 bridgehead atoms. The standard InChI is InChI=1S/C18H14N6O2/c19-15(25)13-14-17(23-16(21-13)12-7-4-8-20-9-12)24(18(26)22-14)10-11-5-2-1-3-6-11/h1-9H,10H2,(H2,19,25)(H,22,26). The van der Waals surface area contributed by atoms with Gasteiger partial charge in [-0.05, 0) is 17.7 Å². The molecular weight excluding hydrogens is 332 g/mol. The van der Waals surface area contributed by atoms with Gasteiger partial charge in [0.25, 0.3) is 5.91 Å². The number of carbonyl (C=O) groups is 1. The van der Waals surface area contributed by atoms with Crippen molar-refractivity contribution in [1.82, 2.24) is 24.5 Å². The van der Waals surface area contributed by atoms with Crippen molar-refractivity contribution < 1.29 is 4.79 Å². The fraction of sp³-hybridized carbons (Fsp3) is 0.0556. The molecule has 0 radical (unpaired) electrons. The minimum absolute atomic E-state index is 0.0298. The molecule has 0 spiro atoms. The maximum Gasteiger partial charge on any atom is 0.328 e. The predicted octanol–water partition coefficient (Wildman–Crippen LogP) is 1.33. The first-order valence-corrected chi connectivity index (χ1v) is 7.88. The maximum absolute atomic E-state index is 12.4. The highest BCUT2D eigenvalue weighted by atomic mass is 16.2. The molecular formula is C18H14N6O2. The molecule has 0 fully saturated rings. The van der Waals surface area contributed by atoms with Gasteiger partial charge in [0.05, 0.1) is 6.54 Å². The van der Waals surface area contributed by atoms with Gasteiger partial charge in [-0.15, -0.1) is 0 Å². The van der Waals surface area contributed by atoms with E-state index < -0.39 is 5.91 Å². The van der Waals surface area contributed by atoms with E-state index in [0.29, 0.717) is 17.8 Å². The number of rotatable bonds is 4. The van der Waals surface area contributed by atoms with E-state index in [1.54, 1.807) is 24.5 Å². The predicted molar refractivity (Wildman–Crippen MR) is 95.4 cm³/mol. The van der Waals surface area contributed by atoms with Crippen molar-refractivity contribution in [3.8, 4) is 11.4 Å². The fourth-order valence-corrected chi connectivity index (χ4v) is 2.75. The zero-order chi connectivity index (χ0) is 18.1. The quantitative estimate of drug-likeness (QED) is 0.578. The third kappa shape index (κ3) is 2.73. The van der Waals surface area contributed by atoms with E-state index in [4.69, 9.17) is 5.73 Å². The Morgan fingerprint density at radius 3 is 2.62 bits per heavy atom. The van der Waals surface area contributed by atoms with Crippen LogP contribution in [0.3, 0.4) is 0 Å². The average molecular weight is 346 g/mol. The van der Waals surface area contributed by atoms with Crippen LogP contribution in [0.2, 0.25) is 0 Å². The Hall–Kier alpha value is -3.81. The van der Waals surface area contributed by atoms with E-state index in [2.05, 4.69) is 19.9 Å². The lowest BCUT2D eigenvalue weighted by Gasteiger charge is -2.06. The monoisotopic (exact) mass is 346 g/mol. The first-order chi connectivity index (χ1) is 12.6. The number of primary amides is 1. The highest BCUT2D eigenvalue weighted by molar-refractivity contribution is 6.01. The van der Waals surface area contributed by atoms with Crippen molar-refractivity contribution in [1.29, 1.82) is 0 Å². The molecule has 4 aromatic rings. The van der Waals surface area contributed by atoms with Crippen LogP contribution in [-0.4, -0.2) is 30.4 Å². The van der Waals surface area contributed by atoms with Gasteiger partial charge in [-0.3, -0.25) is 14.3 Å². The normalized spacial score (nSPS) is 10.9. The second-order valence-corrected chi connectivity index (χ2v) is 5.70. The van der Waals surface area contributed by atoms with Gasteiger partial charge in [0.15, 0.2) is 17.2 Å². The van der Waals surface area contributed by atoms with Gasteiger partial charge in [0, 0.05) is 18.0 Å². The molecule has 3 heterocycles. The summed E-state index contributed by atoms with van der Waals surface area (Å²) in [7, 11) is 0. The summed E-state index contributed by atoms with van der Waals surface area (Å²) in [6.07, 6.45) is 3.21. The van der Waals surface area contributed by atoms with Crippen molar-refractivity contribution in [2.45, 2.75) is 6.54 Å². The van der Waals surface area contributed by atoms with Crippen LogP contribution in [0, 0.1) is 0 Å². The Morgan fingerprint density at radius 1 is 1.12 bits per heavy atom. The van der Waals surface area contributed by atoms with E-state index in [1.165, 1.54) is 4.57 Å². The van der Waals surface area contributed by atoms with Crippen LogP contribution >= 0.6 is 0 Å². The number of hydrogen-bond acceptors (Lipinski definition) is 5. The van der Waals surface area contributed by atoms with Gasteiger partial charge in [0.1, 0.15) is 5.52 Å². The summed E-state index contributed by atoms with van der Waals surface area (Å²) in [5, 5.41) is 0. The number of aromatic amines is 1. The second kappa shape index (κ2) is 6.25. The van der Waals surface area contributed by atoms with Crippen molar-refractivity contribution in [3.63, 3.8) is 0 Å². The Balaban J connectivity index is 1.96. The summed E-state index contributed by atoms with van der Waals surface area (Å²) in [4.78, 5) is 39.7. The molecule has 0 aliphatic rings. The number of aromatic nitrogens is 5. The number of nitrogens with zero attached hydrogens (tertiary/aromatic N) is 4. The van der Waals surface area contributed by atoms with E-state index in [1.807, 2.05) is 30.3 Å². The largest absolute Gasteiger partial charge is 0.364 e. The first-order valence-electron chi connectivity index (χ1n) is 7.88. The third-order valence-corrected chi connectivity index (χ3v) is 3.96. The van der Waals surface area contributed by atoms with E-state index >= 15 is 0 Å². The van der Waals surface area contributed by atoms with E-state index in [-0.39, 0.29) is 22.7 Å². The number of carbonyl (C=O) groups excluding carboxylic acids is 1. The Bertz CT molecular complexity index is 1150. The molecule has 8 heteroatoms. The van der Waals surface area contributed by atoms with Crippen molar-refractivity contribution >= 4 is 17.1 Å². The van der Waals surface area contributed by atoms with Crippen LogP contribution < -0.4 is 11.4 Å². The van der Waals surface area contributed by atoms with E-state index in [0.717, 1.165) is 5.56 Å². The Morgan fingerprint density at radius 2 is 1.92 bits per heavy atom. The third-order valence-electron chi connectivity index (χ3n) is 3.96. The lowest BCUT2D eigenvalue weighted by atomic mass is 10.2. The molecule has 8 nitrogen and oxygen atoms in total. The number of hydrogen-bond donors (Lipinski definition) is 2. The lowest BCUT2D eigenvalue weighted by Crippen LogP contribution is -2.17. The van der Waals surface area contributed by atoms with Crippen LogP contribution in [0.15, 0.2) is 59.7 Å². The van der Waals surface area contributed by atoms with Crippen molar-refractivity contribution in [2.75, 3.05) is 0 Å². The zero-order valence-corrected chi connectivity index (χ0v) is 13.6. The summed E-state index contributed by atoms with van der Waals surface area (Å²) in [6, 6.07) is 13.0. The molecule has 1 aromatic carbocycles. The Labute approximate surface area is 147 Å². The molecule has 3 aromatic heterocycles. The van der Waals surface area contributed by atoms with Crippen LogP contribution in [0.4, 0.5) is 0 Å². The second-order valence-electron chi connectivity index (χ2n) is 5.70. The number of pyridine rings is 1. The van der Waals surface area contributed by atoms with Gasteiger partial charge in [0.2, 0.25) is 0 Å². The Kier molecular flexibility index (Phi) is 3.77. The summed E-state index contributed by atoms with van der Waals surface area (Å²) in [5.41, 5.74) is 7.15. The summed E-state index contributed by atoms with van der Waals surface area (Å²) < 4.78 is 1.46. The maximum atomic E-state index is 12.4. The highest BCUT2D eigenvalue weighted by Crippen LogP contribution is 2.19. The minimum atomic E-state index is -0.740. The molecule has 26 heavy (non-hydrogen) atoms. The minimum Gasteiger partial charge on any atom is -0.364 e. The van der Waals surface area contributed by atoms with Gasteiger partial charge in [-0.25, -0.2) is 14.8 Å². The molecule has 0 aliphatic heterocycles. The number of nitrogens with two attached hydrogens (primary N) is 1. The van der Waals surface area contributed by atoms with Crippen molar-refractivity contribution in [3.05, 3.63) is 76.6 Å². The number of imidazole rings is 1. The molecule has 0 unspecified atom stereocenters. The number of fused-ring (bicyclic) bond motifs is 1. The summed E-state index contributed by atoms with van der Waals surface area (Å²) in [6.45, 7) is 0.307. The molecule has 0 aliphatic carbocycles. The molecule has 4 rings (SSSR count). The zero-order valence-electron chi connectivity index (χ0n) is 13.6. The van der Waals surface area contributed by atoms with Crippen molar-refractivity contribution in [2.24, 2.45) is 5.73 Å². The molecule has 128 valence electrons. The molecule has 0 atom stereocenters. The number of amides is 1. The van der Waals surface area contributed by atoms with Gasteiger partial charge < -0.3 is 10.7 Å². The number of benzene rings is 1. The molecule has 0 saturated carbocycles. The summed E-state index contributed by atoms with van der Waals surface area (Å²) in [5.74, 6) is -0.462. The smallest absolute Gasteiger partial charge is 0.328 e. The van der Waals surface area contributed by atoms with Gasteiger partial charge in [-0.2, -0.15) is 0 Å². The van der Waals surface area contributed by atoms with Gasteiger partial charge in [-0.1, -0.05) is 30.3 Å². The molecule has 0 saturated heterocycles. The summed E-state index contributed by atoms with van der Waals surface area (Å²) >= 11 is 0. The molecule has 1 amide bonds. The number of H-pyrrole nitrogens is 1. The highest BCUT2D eigenvalue weighted by Gasteiger charge is 2.19. The van der Waals surface area contributed by atoms with Crippen LogP contribution in [0.25, 0.3) is 22.6 Å². The first kappa shape index (κ1) is 15.7.